The Balaban J connectivity index is 2.45. The summed E-state index contributed by atoms with van der Waals surface area (Å²) in [5.74, 6) is -0.00755. The van der Waals surface area contributed by atoms with E-state index in [0.29, 0.717) is 0 Å². The van der Waals surface area contributed by atoms with Crippen molar-refractivity contribution in [3.8, 4) is 0 Å². The Hall–Kier alpha value is -1.29. The van der Waals surface area contributed by atoms with Crippen LogP contribution in [0.5, 0.6) is 0 Å². The number of amides is 1. The molecule has 0 bridgehead atoms. The Labute approximate surface area is 96.3 Å². The first-order valence-corrected chi connectivity index (χ1v) is 5.71. The van der Waals surface area contributed by atoms with Crippen molar-refractivity contribution in [1.29, 1.82) is 0 Å². The molecule has 0 spiro atoms. The van der Waals surface area contributed by atoms with Crippen molar-refractivity contribution in [2.24, 2.45) is 0 Å². The predicted octanol–water partition coefficient (Wildman–Crippen LogP) is 1.29. The summed E-state index contributed by atoms with van der Waals surface area (Å²) in [7, 11) is 0. The van der Waals surface area contributed by atoms with Gasteiger partial charge in [0.2, 0.25) is 5.91 Å². The zero-order valence-electron chi connectivity index (χ0n) is 9.94. The highest BCUT2D eigenvalue weighted by Crippen LogP contribution is 2.02. The van der Waals surface area contributed by atoms with E-state index in [1.807, 2.05) is 19.1 Å². The first-order chi connectivity index (χ1) is 7.67. The molecule has 1 atom stereocenters. The molecule has 1 heterocycles. The average Bonchev–Trinajstić information content (AvgIpc) is 2.65. The van der Waals surface area contributed by atoms with E-state index in [4.69, 9.17) is 5.11 Å². The molecule has 0 aliphatic heterocycles. The largest absolute Gasteiger partial charge is 0.390 e. The molecular formula is C12H20N2O2. The number of aromatic nitrogens is 1. The van der Waals surface area contributed by atoms with Crippen LogP contribution in [0.15, 0.2) is 18.3 Å². The maximum atomic E-state index is 11.7. The Morgan fingerprint density at radius 2 is 2.38 bits per heavy atom. The van der Waals surface area contributed by atoms with Crippen LogP contribution >= 0.6 is 0 Å². The molecule has 0 radical (unpaired) electrons. The Morgan fingerprint density at radius 1 is 1.62 bits per heavy atom. The van der Waals surface area contributed by atoms with E-state index in [1.165, 1.54) is 0 Å². The Morgan fingerprint density at radius 3 is 3.00 bits per heavy atom. The van der Waals surface area contributed by atoms with Gasteiger partial charge in [-0.15, -0.1) is 0 Å². The van der Waals surface area contributed by atoms with Gasteiger partial charge >= 0.3 is 0 Å². The van der Waals surface area contributed by atoms with Gasteiger partial charge in [0.15, 0.2) is 0 Å². The fourth-order valence-corrected chi connectivity index (χ4v) is 1.73. The zero-order chi connectivity index (χ0) is 12.0. The molecule has 1 aromatic rings. The van der Waals surface area contributed by atoms with Gasteiger partial charge in [-0.1, -0.05) is 13.3 Å². The van der Waals surface area contributed by atoms with Crippen LogP contribution in [0.25, 0.3) is 0 Å². The predicted molar refractivity (Wildman–Crippen MR) is 62.9 cm³/mol. The molecule has 0 fully saturated rings. The highest BCUT2D eigenvalue weighted by atomic mass is 16.3. The number of nitrogens with one attached hydrogen (secondary N) is 1. The van der Waals surface area contributed by atoms with Gasteiger partial charge in [0, 0.05) is 17.9 Å². The molecule has 0 saturated heterocycles. The van der Waals surface area contributed by atoms with Crippen LogP contribution in [0.1, 0.15) is 32.4 Å². The third-order valence-electron chi connectivity index (χ3n) is 2.53. The molecule has 16 heavy (non-hydrogen) atoms. The molecule has 1 unspecified atom stereocenters. The van der Waals surface area contributed by atoms with Gasteiger partial charge in [0.25, 0.3) is 0 Å². The minimum absolute atomic E-state index is 0.00755. The van der Waals surface area contributed by atoms with Gasteiger partial charge < -0.3 is 15.0 Å². The quantitative estimate of drug-likeness (QED) is 0.765. The van der Waals surface area contributed by atoms with Crippen molar-refractivity contribution in [2.45, 2.75) is 45.9 Å². The van der Waals surface area contributed by atoms with Crippen LogP contribution in [0, 0.1) is 0 Å². The van der Waals surface area contributed by atoms with Gasteiger partial charge in [-0.3, -0.25) is 4.79 Å². The van der Waals surface area contributed by atoms with Crippen molar-refractivity contribution in [3.63, 3.8) is 0 Å². The summed E-state index contributed by atoms with van der Waals surface area (Å²) in [5.41, 5.74) is 0.762. The number of carbonyl (C=O) groups excluding carboxylic acids is 1. The fraction of sp³-hybridized carbons (Fsp3) is 0.583. The second-order valence-electron chi connectivity index (χ2n) is 4.04. The van der Waals surface area contributed by atoms with Crippen molar-refractivity contribution in [3.05, 3.63) is 24.0 Å². The van der Waals surface area contributed by atoms with E-state index in [-0.39, 0.29) is 25.1 Å². The summed E-state index contributed by atoms with van der Waals surface area (Å²) in [5, 5.41) is 12.0. The summed E-state index contributed by atoms with van der Waals surface area (Å²) in [6.07, 6.45) is 3.85. The summed E-state index contributed by atoms with van der Waals surface area (Å²) >= 11 is 0. The minimum Gasteiger partial charge on any atom is -0.390 e. The molecule has 0 aliphatic rings. The molecule has 1 aromatic heterocycles. The number of rotatable bonds is 6. The lowest BCUT2D eigenvalue weighted by atomic mass is 10.2. The van der Waals surface area contributed by atoms with E-state index >= 15 is 0 Å². The molecule has 2 N–H and O–H groups in total. The van der Waals surface area contributed by atoms with Crippen molar-refractivity contribution >= 4 is 5.91 Å². The first kappa shape index (κ1) is 12.8. The van der Waals surface area contributed by atoms with Crippen LogP contribution in [-0.2, 0) is 17.9 Å². The molecule has 0 saturated carbocycles. The number of nitrogens with zero attached hydrogens (tertiary/aromatic N) is 1. The number of hydrogen-bond acceptors (Lipinski definition) is 2. The second kappa shape index (κ2) is 6.33. The topological polar surface area (TPSA) is 54.3 Å². The van der Waals surface area contributed by atoms with Crippen LogP contribution in [-0.4, -0.2) is 21.6 Å². The lowest BCUT2D eigenvalue weighted by Gasteiger charge is -2.14. The summed E-state index contributed by atoms with van der Waals surface area (Å²) in [4.78, 5) is 11.7. The van der Waals surface area contributed by atoms with E-state index < -0.39 is 0 Å². The fourth-order valence-electron chi connectivity index (χ4n) is 1.73. The van der Waals surface area contributed by atoms with E-state index in [2.05, 4.69) is 12.2 Å². The van der Waals surface area contributed by atoms with Gasteiger partial charge in [-0.05, 0) is 25.5 Å². The highest BCUT2D eigenvalue weighted by molar-refractivity contribution is 5.76. The minimum atomic E-state index is -0.0369. The smallest absolute Gasteiger partial charge is 0.240 e. The molecule has 4 heteroatoms. The summed E-state index contributed by atoms with van der Waals surface area (Å²) < 4.78 is 1.76. The lowest BCUT2D eigenvalue weighted by molar-refractivity contribution is -0.122. The first-order valence-electron chi connectivity index (χ1n) is 5.71. The third-order valence-corrected chi connectivity index (χ3v) is 2.53. The van der Waals surface area contributed by atoms with E-state index in [9.17, 15) is 4.79 Å². The number of aliphatic hydroxyl groups excluding tert-OH is 1. The molecular weight excluding hydrogens is 204 g/mol. The van der Waals surface area contributed by atoms with Crippen LogP contribution in [0.4, 0.5) is 0 Å². The maximum Gasteiger partial charge on any atom is 0.240 e. The zero-order valence-corrected chi connectivity index (χ0v) is 9.94. The Bertz CT molecular complexity index is 334. The molecule has 0 aromatic carbocycles. The van der Waals surface area contributed by atoms with Crippen LogP contribution in [0.3, 0.4) is 0 Å². The number of aliphatic hydroxyl groups is 1. The van der Waals surface area contributed by atoms with Gasteiger partial charge in [0.05, 0.1) is 6.61 Å². The van der Waals surface area contributed by atoms with E-state index in [0.717, 1.165) is 18.5 Å². The molecule has 90 valence electrons. The summed E-state index contributed by atoms with van der Waals surface area (Å²) in [6, 6.07) is 3.85. The van der Waals surface area contributed by atoms with Crippen molar-refractivity contribution < 1.29 is 9.90 Å². The maximum absolute atomic E-state index is 11.7. The van der Waals surface area contributed by atoms with Gasteiger partial charge in [-0.25, -0.2) is 0 Å². The normalized spacial score (nSPS) is 12.4. The lowest BCUT2D eigenvalue weighted by Crippen LogP contribution is -2.35. The number of hydrogen-bond donors (Lipinski definition) is 2. The SMILES string of the molecule is CCCC(C)NC(=O)Cn1cccc1CO. The van der Waals surface area contributed by atoms with Gasteiger partial charge in [-0.2, -0.15) is 0 Å². The molecule has 0 aliphatic carbocycles. The average molecular weight is 224 g/mol. The highest BCUT2D eigenvalue weighted by Gasteiger charge is 2.08. The van der Waals surface area contributed by atoms with Crippen molar-refractivity contribution in [1.82, 2.24) is 9.88 Å². The van der Waals surface area contributed by atoms with Gasteiger partial charge in [0.1, 0.15) is 6.54 Å². The van der Waals surface area contributed by atoms with Crippen LogP contribution < -0.4 is 5.32 Å². The second-order valence-corrected chi connectivity index (χ2v) is 4.04. The van der Waals surface area contributed by atoms with Crippen molar-refractivity contribution in [2.75, 3.05) is 0 Å². The molecule has 4 nitrogen and oxygen atoms in total. The molecule has 1 rings (SSSR count). The molecule has 1 amide bonds. The summed E-state index contributed by atoms with van der Waals surface area (Å²) in [6.45, 7) is 4.34. The standard InChI is InChI=1S/C12H20N2O2/c1-3-5-10(2)13-12(16)8-14-7-4-6-11(14)9-15/h4,6-7,10,15H,3,5,8-9H2,1-2H3,(H,13,16). The van der Waals surface area contributed by atoms with Crippen LogP contribution in [0.2, 0.25) is 0 Å². The third kappa shape index (κ3) is 3.70. The Kier molecular flexibility index (Phi) is 5.05. The number of carbonyl (C=O) groups is 1. The monoisotopic (exact) mass is 224 g/mol. The van der Waals surface area contributed by atoms with E-state index in [1.54, 1.807) is 10.8 Å².